The van der Waals surface area contributed by atoms with Crippen LogP contribution >= 0.6 is 11.8 Å². The summed E-state index contributed by atoms with van der Waals surface area (Å²) in [5.74, 6) is 4.17. The topological polar surface area (TPSA) is 35.2 Å². The normalized spacial score (nSPS) is 20.5. The van der Waals surface area contributed by atoms with Crippen molar-refractivity contribution >= 4 is 17.4 Å². The largest absolute Gasteiger partial charge is 0.495 e. The molecule has 1 aromatic carbocycles. The van der Waals surface area contributed by atoms with E-state index in [1.165, 1.54) is 23.5 Å². The van der Waals surface area contributed by atoms with Crippen LogP contribution < -0.4 is 10.5 Å². The quantitative estimate of drug-likeness (QED) is 0.800. The van der Waals surface area contributed by atoms with Crippen LogP contribution in [0, 0.1) is 5.92 Å². The molecular formula is C12H17NOS. The maximum absolute atomic E-state index is 6.04. The van der Waals surface area contributed by atoms with E-state index >= 15 is 0 Å². The molecule has 0 bridgehead atoms. The molecule has 0 spiro atoms. The number of hydrogen-bond donors (Lipinski definition) is 1. The highest BCUT2D eigenvalue weighted by Gasteiger charge is 2.17. The molecule has 3 heteroatoms. The first-order valence-electron chi connectivity index (χ1n) is 5.30. The Morgan fingerprint density at radius 3 is 3.07 bits per heavy atom. The molecule has 2 N–H and O–H groups in total. The molecule has 82 valence electrons. The van der Waals surface area contributed by atoms with Crippen molar-refractivity contribution in [3.63, 3.8) is 0 Å². The lowest BCUT2D eigenvalue weighted by atomic mass is 9.97. The van der Waals surface area contributed by atoms with Crippen molar-refractivity contribution in [3.8, 4) is 5.75 Å². The van der Waals surface area contributed by atoms with Crippen molar-refractivity contribution in [1.29, 1.82) is 0 Å². The highest BCUT2D eigenvalue weighted by atomic mass is 32.2. The summed E-state index contributed by atoms with van der Waals surface area (Å²) in [4.78, 5) is 0. The number of benzene rings is 1. The van der Waals surface area contributed by atoms with Gasteiger partial charge in [0.05, 0.1) is 12.8 Å². The van der Waals surface area contributed by atoms with Crippen LogP contribution in [0.2, 0.25) is 0 Å². The highest BCUT2D eigenvalue weighted by molar-refractivity contribution is 7.99. The van der Waals surface area contributed by atoms with Gasteiger partial charge in [0.25, 0.3) is 0 Å². The zero-order valence-electron chi connectivity index (χ0n) is 9.03. The van der Waals surface area contributed by atoms with Crippen LogP contribution in [-0.2, 0) is 6.42 Å². The smallest absolute Gasteiger partial charge is 0.142 e. The molecule has 0 saturated carbocycles. The van der Waals surface area contributed by atoms with E-state index in [1.54, 1.807) is 7.11 Å². The van der Waals surface area contributed by atoms with Crippen molar-refractivity contribution in [2.75, 3.05) is 24.3 Å². The van der Waals surface area contributed by atoms with Gasteiger partial charge in [-0.15, -0.1) is 0 Å². The van der Waals surface area contributed by atoms with Crippen molar-refractivity contribution in [3.05, 3.63) is 23.8 Å². The van der Waals surface area contributed by atoms with Crippen LogP contribution in [0.15, 0.2) is 18.2 Å². The maximum Gasteiger partial charge on any atom is 0.142 e. The summed E-state index contributed by atoms with van der Waals surface area (Å²) in [6.45, 7) is 0. The predicted molar refractivity (Wildman–Crippen MR) is 66.5 cm³/mol. The summed E-state index contributed by atoms with van der Waals surface area (Å²) in [5, 5.41) is 0. The van der Waals surface area contributed by atoms with E-state index in [0.29, 0.717) is 0 Å². The van der Waals surface area contributed by atoms with E-state index in [-0.39, 0.29) is 0 Å². The van der Waals surface area contributed by atoms with E-state index in [1.807, 2.05) is 23.9 Å². The number of para-hydroxylation sites is 1. The van der Waals surface area contributed by atoms with Gasteiger partial charge in [-0.1, -0.05) is 12.1 Å². The van der Waals surface area contributed by atoms with E-state index in [2.05, 4.69) is 6.07 Å². The molecule has 2 rings (SSSR count). The van der Waals surface area contributed by atoms with Crippen LogP contribution in [0.3, 0.4) is 0 Å². The molecule has 1 aliphatic rings. The summed E-state index contributed by atoms with van der Waals surface area (Å²) >= 11 is 2.05. The minimum absolute atomic E-state index is 0.796. The zero-order valence-corrected chi connectivity index (χ0v) is 9.85. The third-order valence-corrected chi connectivity index (χ3v) is 4.14. The van der Waals surface area contributed by atoms with Crippen molar-refractivity contribution in [1.82, 2.24) is 0 Å². The Labute approximate surface area is 95.2 Å². The Morgan fingerprint density at radius 2 is 2.40 bits per heavy atom. The first kappa shape index (κ1) is 10.7. The predicted octanol–water partition coefficient (Wildman–Crippen LogP) is 2.57. The van der Waals surface area contributed by atoms with E-state index in [4.69, 9.17) is 10.5 Å². The summed E-state index contributed by atoms with van der Waals surface area (Å²) in [6, 6.07) is 6.05. The molecule has 0 radical (unpaired) electrons. The zero-order chi connectivity index (χ0) is 10.7. The second kappa shape index (κ2) is 4.79. The van der Waals surface area contributed by atoms with Crippen LogP contribution in [0.5, 0.6) is 5.75 Å². The second-order valence-corrected chi connectivity index (χ2v) is 5.12. The SMILES string of the molecule is COc1cccc(CC2CCSC2)c1N. The molecular weight excluding hydrogens is 206 g/mol. The number of methoxy groups -OCH3 is 1. The van der Waals surface area contributed by atoms with Crippen molar-refractivity contribution in [2.24, 2.45) is 5.92 Å². The molecule has 1 aromatic rings. The summed E-state index contributed by atoms with van der Waals surface area (Å²) in [5.41, 5.74) is 8.09. The van der Waals surface area contributed by atoms with E-state index in [0.717, 1.165) is 23.8 Å². The molecule has 0 aromatic heterocycles. The van der Waals surface area contributed by atoms with Gasteiger partial charge >= 0.3 is 0 Å². The molecule has 1 heterocycles. The lowest BCUT2D eigenvalue weighted by Gasteiger charge is -2.13. The Morgan fingerprint density at radius 1 is 1.53 bits per heavy atom. The van der Waals surface area contributed by atoms with Gasteiger partial charge in [-0.2, -0.15) is 11.8 Å². The molecule has 1 aliphatic heterocycles. The molecule has 15 heavy (non-hydrogen) atoms. The lowest BCUT2D eigenvalue weighted by Crippen LogP contribution is -2.06. The maximum atomic E-state index is 6.04. The third kappa shape index (κ3) is 2.40. The Hall–Kier alpha value is -0.830. The fourth-order valence-electron chi connectivity index (χ4n) is 2.00. The van der Waals surface area contributed by atoms with Crippen LogP contribution in [-0.4, -0.2) is 18.6 Å². The van der Waals surface area contributed by atoms with Gasteiger partial charge in [-0.25, -0.2) is 0 Å². The van der Waals surface area contributed by atoms with E-state index in [9.17, 15) is 0 Å². The summed E-state index contributed by atoms with van der Waals surface area (Å²) < 4.78 is 5.22. The molecule has 1 fully saturated rings. The number of nitrogen functional groups attached to an aromatic ring is 1. The molecule has 0 amide bonds. The molecule has 1 unspecified atom stereocenters. The molecule has 2 nitrogen and oxygen atoms in total. The van der Waals surface area contributed by atoms with Gasteiger partial charge in [-0.3, -0.25) is 0 Å². The average Bonchev–Trinajstić information content (AvgIpc) is 2.74. The van der Waals surface area contributed by atoms with Gasteiger partial charge in [0.2, 0.25) is 0 Å². The number of anilines is 1. The number of nitrogens with two attached hydrogens (primary N) is 1. The molecule has 0 aliphatic carbocycles. The van der Waals surface area contributed by atoms with Gasteiger partial charge in [-0.05, 0) is 41.9 Å². The van der Waals surface area contributed by atoms with Crippen LogP contribution in [0.4, 0.5) is 5.69 Å². The monoisotopic (exact) mass is 223 g/mol. The van der Waals surface area contributed by atoms with Gasteiger partial charge in [0.15, 0.2) is 0 Å². The van der Waals surface area contributed by atoms with Gasteiger partial charge < -0.3 is 10.5 Å². The molecule has 1 saturated heterocycles. The summed E-state index contributed by atoms with van der Waals surface area (Å²) in [6.07, 6.45) is 2.41. The minimum atomic E-state index is 0.796. The molecule has 1 atom stereocenters. The van der Waals surface area contributed by atoms with Crippen LogP contribution in [0.1, 0.15) is 12.0 Å². The summed E-state index contributed by atoms with van der Waals surface area (Å²) in [7, 11) is 1.67. The number of hydrogen-bond acceptors (Lipinski definition) is 3. The Kier molecular flexibility index (Phi) is 3.41. The Bertz CT molecular complexity index is 334. The lowest BCUT2D eigenvalue weighted by molar-refractivity contribution is 0.416. The van der Waals surface area contributed by atoms with Gasteiger partial charge in [0, 0.05) is 0 Å². The number of rotatable bonds is 3. The second-order valence-electron chi connectivity index (χ2n) is 3.97. The van der Waals surface area contributed by atoms with Crippen molar-refractivity contribution in [2.45, 2.75) is 12.8 Å². The number of ether oxygens (including phenoxy) is 1. The first-order chi connectivity index (χ1) is 7.31. The standard InChI is InChI=1S/C12H17NOS/c1-14-11-4-2-3-10(12(11)13)7-9-5-6-15-8-9/h2-4,9H,5-8,13H2,1H3. The Balaban J connectivity index is 2.13. The highest BCUT2D eigenvalue weighted by Crippen LogP contribution is 2.31. The minimum Gasteiger partial charge on any atom is -0.495 e. The van der Waals surface area contributed by atoms with Crippen LogP contribution in [0.25, 0.3) is 0 Å². The average molecular weight is 223 g/mol. The van der Waals surface area contributed by atoms with E-state index < -0.39 is 0 Å². The van der Waals surface area contributed by atoms with Crippen molar-refractivity contribution < 1.29 is 4.74 Å². The fourth-order valence-corrected chi connectivity index (χ4v) is 3.29. The number of thioether (sulfide) groups is 1. The first-order valence-corrected chi connectivity index (χ1v) is 6.46. The fraction of sp³-hybridized carbons (Fsp3) is 0.500. The van der Waals surface area contributed by atoms with Gasteiger partial charge in [0.1, 0.15) is 5.75 Å². The third-order valence-electron chi connectivity index (χ3n) is 2.91.